The van der Waals surface area contributed by atoms with Crippen LogP contribution in [0.25, 0.3) is 0 Å². The fourth-order valence-corrected chi connectivity index (χ4v) is 2.62. The molecule has 1 fully saturated rings. The van der Waals surface area contributed by atoms with Crippen LogP contribution in [-0.4, -0.2) is 33.1 Å². The molecule has 1 heterocycles. The standard InChI is InChI=1S/C14H20ClN3O/c1-18(2)13-6-5-11(8-12(13)15)17-14(19)10-4-3-7-16-9-10/h5-6,8,10,16H,3-4,7,9H2,1-2H3,(H,17,19)/t10-/m0/s1. The van der Waals surface area contributed by atoms with Crippen molar-refractivity contribution in [2.24, 2.45) is 5.92 Å². The van der Waals surface area contributed by atoms with Crippen molar-refractivity contribution >= 4 is 28.9 Å². The Kier molecular flexibility index (Phi) is 4.66. The van der Waals surface area contributed by atoms with Gasteiger partial charge in [-0.05, 0) is 37.6 Å². The van der Waals surface area contributed by atoms with Crippen molar-refractivity contribution in [3.63, 3.8) is 0 Å². The van der Waals surface area contributed by atoms with Crippen molar-refractivity contribution in [2.75, 3.05) is 37.4 Å². The zero-order valence-electron chi connectivity index (χ0n) is 11.4. The summed E-state index contributed by atoms with van der Waals surface area (Å²) in [6.07, 6.45) is 2.00. The van der Waals surface area contributed by atoms with E-state index in [-0.39, 0.29) is 11.8 Å². The van der Waals surface area contributed by atoms with Crippen molar-refractivity contribution in [1.29, 1.82) is 0 Å². The van der Waals surface area contributed by atoms with E-state index in [1.54, 1.807) is 6.07 Å². The highest BCUT2D eigenvalue weighted by atomic mass is 35.5. The maximum absolute atomic E-state index is 12.1. The lowest BCUT2D eigenvalue weighted by atomic mass is 9.99. The molecule has 19 heavy (non-hydrogen) atoms. The molecular weight excluding hydrogens is 262 g/mol. The molecule has 2 N–H and O–H groups in total. The lowest BCUT2D eigenvalue weighted by Crippen LogP contribution is -2.37. The minimum absolute atomic E-state index is 0.0565. The fraction of sp³-hybridized carbons (Fsp3) is 0.500. The van der Waals surface area contributed by atoms with Gasteiger partial charge in [-0.25, -0.2) is 0 Å². The third kappa shape index (κ3) is 3.61. The van der Waals surface area contributed by atoms with Gasteiger partial charge >= 0.3 is 0 Å². The number of nitrogens with zero attached hydrogens (tertiary/aromatic N) is 1. The van der Waals surface area contributed by atoms with Crippen LogP contribution in [0.1, 0.15) is 12.8 Å². The summed E-state index contributed by atoms with van der Waals surface area (Å²) >= 11 is 6.19. The van der Waals surface area contributed by atoms with Crippen LogP contribution >= 0.6 is 11.6 Å². The summed E-state index contributed by atoms with van der Waals surface area (Å²) in [5.74, 6) is 0.127. The highest BCUT2D eigenvalue weighted by molar-refractivity contribution is 6.33. The molecule has 1 aliphatic rings. The van der Waals surface area contributed by atoms with Crippen LogP contribution in [0.2, 0.25) is 5.02 Å². The molecule has 1 aromatic rings. The SMILES string of the molecule is CN(C)c1ccc(NC(=O)[C@H]2CCCNC2)cc1Cl. The van der Waals surface area contributed by atoms with Crippen molar-refractivity contribution in [2.45, 2.75) is 12.8 Å². The van der Waals surface area contributed by atoms with Crippen LogP contribution in [0.3, 0.4) is 0 Å². The first-order chi connectivity index (χ1) is 9.08. The Bertz CT molecular complexity index is 456. The van der Waals surface area contributed by atoms with Gasteiger partial charge in [-0.3, -0.25) is 4.79 Å². The fourth-order valence-electron chi connectivity index (χ4n) is 2.27. The molecule has 1 aromatic carbocycles. The first-order valence-corrected chi connectivity index (χ1v) is 6.94. The number of carbonyl (C=O) groups is 1. The quantitative estimate of drug-likeness (QED) is 0.894. The van der Waals surface area contributed by atoms with Crippen LogP contribution < -0.4 is 15.5 Å². The largest absolute Gasteiger partial charge is 0.376 e. The van der Waals surface area contributed by atoms with Crippen LogP contribution in [-0.2, 0) is 4.79 Å². The lowest BCUT2D eigenvalue weighted by Gasteiger charge is -2.22. The van der Waals surface area contributed by atoms with E-state index in [0.29, 0.717) is 5.02 Å². The predicted octanol–water partition coefficient (Wildman–Crippen LogP) is 2.34. The van der Waals surface area contributed by atoms with Crippen LogP contribution in [0.4, 0.5) is 11.4 Å². The highest BCUT2D eigenvalue weighted by Gasteiger charge is 2.21. The number of carbonyl (C=O) groups excluding carboxylic acids is 1. The average molecular weight is 282 g/mol. The number of nitrogens with one attached hydrogen (secondary N) is 2. The summed E-state index contributed by atoms with van der Waals surface area (Å²) in [5, 5.41) is 6.82. The smallest absolute Gasteiger partial charge is 0.228 e. The van der Waals surface area contributed by atoms with E-state index in [1.165, 1.54) is 0 Å². The van der Waals surface area contributed by atoms with E-state index in [0.717, 1.165) is 37.3 Å². The highest BCUT2D eigenvalue weighted by Crippen LogP contribution is 2.27. The van der Waals surface area contributed by atoms with Gasteiger partial charge in [0, 0.05) is 26.3 Å². The molecule has 0 radical (unpaired) electrons. The van der Waals surface area contributed by atoms with Gasteiger partial charge in [0.1, 0.15) is 0 Å². The molecule has 0 bridgehead atoms. The number of hydrogen-bond acceptors (Lipinski definition) is 3. The van der Waals surface area contributed by atoms with Crippen molar-refractivity contribution in [3.8, 4) is 0 Å². The minimum atomic E-state index is 0.0565. The maximum atomic E-state index is 12.1. The summed E-state index contributed by atoms with van der Waals surface area (Å²) in [6, 6.07) is 5.59. The summed E-state index contributed by atoms with van der Waals surface area (Å²) < 4.78 is 0. The Morgan fingerprint density at radius 3 is 2.84 bits per heavy atom. The van der Waals surface area contributed by atoms with Gasteiger partial charge in [-0.1, -0.05) is 11.6 Å². The van der Waals surface area contributed by atoms with E-state index in [2.05, 4.69) is 10.6 Å². The number of benzene rings is 1. The summed E-state index contributed by atoms with van der Waals surface area (Å²) in [4.78, 5) is 14.0. The Balaban J connectivity index is 2.02. The Labute approximate surface area is 119 Å². The molecule has 1 saturated heterocycles. The van der Waals surface area contributed by atoms with Crippen LogP contribution in [0.15, 0.2) is 18.2 Å². The topological polar surface area (TPSA) is 44.4 Å². The van der Waals surface area contributed by atoms with E-state index in [1.807, 2.05) is 31.1 Å². The molecule has 104 valence electrons. The van der Waals surface area contributed by atoms with E-state index < -0.39 is 0 Å². The number of amides is 1. The van der Waals surface area contributed by atoms with Gasteiger partial charge in [0.15, 0.2) is 0 Å². The first-order valence-electron chi connectivity index (χ1n) is 6.56. The third-order valence-corrected chi connectivity index (χ3v) is 3.67. The first kappa shape index (κ1) is 14.2. The Hall–Kier alpha value is -1.26. The summed E-state index contributed by atoms with van der Waals surface area (Å²) in [6.45, 7) is 1.77. The van der Waals surface area contributed by atoms with Gasteiger partial charge in [0.2, 0.25) is 5.91 Å². The third-order valence-electron chi connectivity index (χ3n) is 3.36. The Morgan fingerprint density at radius 1 is 1.47 bits per heavy atom. The van der Waals surface area contributed by atoms with Gasteiger partial charge in [0.25, 0.3) is 0 Å². The van der Waals surface area contributed by atoms with Gasteiger partial charge in [-0.15, -0.1) is 0 Å². The molecule has 0 saturated carbocycles. The van der Waals surface area contributed by atoms with Crippen LogP contribution in [0.5, 0.6) is 0 Å². The second kappa shape index (κ2) is 6.26. The maximum Gasteiger partial charge on any atom is 0.228 e. The molecule has 0 unspecified atom stereocenters. The summed E-state index contributed by atoms with van der Waals surface area (Å²) in [7, 11) is 3.88. The molecule has 2 rings (SSSR count). The average Bonchev–Trinajstić information content (AvgIpc) is 2.39. The molecule has 1 amide bonds. The zero-order chi connectivity index (χ0) is 13.8. The number of anilines is 2. The monoisotopic (exact) mass is 281 g/mol. The van der Waals surface area contributed by atoms with Crippen molar-refractivity contribution in [1.82, 2.24) is 5.32 Å². The van der Waals surface area contributed by atoms with Gasteiger partial charge in [-0.2, -0.15) is 0 Å². The van der Waals surface area contributed by atoms with Gasteiger partial charge < -0.3 is 15.5 Å². The predicted molar refractivity (Wildman–Crippen MR) is 80.0 cm³/mol. The molecule has 0 aromatic heterocycles. The van der Waals surface area contributed by atoms with E-state index in [4.69, 9.17) is 11.6 Å². The number of rotatable bonds is 3. The molecule has 1 aliphatic heterocycles. The Morgan fingerprint density at radius 2 is 2.26 bits per heavy atom. The van der Waals surface area contributed by atoms with Gasteiger partial charge in [0.05, 0.1) is 16.6 Å². The molecule has 5 heteroatoms. The zero-order valence-corrected chi connectivity index (χ0v) is 12.1. The van der Waals surface area contributed by atoms with E-state index >= 15 is 0 Å². The lowest BCUT2D eigenvalue weighted by molar-refractivity contribution is -0.120. The van der Waals surface area contributed by atoms with E-state index in [9.17, 15) is 4.79 Å². The second-order valence-corrected chi connectivity index (χ2v) is 5.50. The molecule has 1 atom stereocenters. The second-order valence-electron chi connectivity index (χ2n) is 5.09. The van der Waals surface area contributed by atoms with Crippen molar-refractivity contribution in [3.05, 3.63) is 23.2 Å². The molecular formula is C14H20ClN3O. The number of hydrogen-bond donors (Lipinski definition) is 2. The molecule has 4 nitrogen and oxygen atoms in total. The van der Waals surface area contributed by atoms with Crippen molar-refractivity contribution < 1.29 is 4.79 Å². The normalized spacial score (nSPS) is 19.0. The molecule has 0 aliphatic carbocycles. The number of halogens is 1. The van der Waals surface area contributed by atoms with Crippen LogP contribution in [0, 0.1) is 5.92 Å². The molecule has 0 spiro atoms. The minimum Gasteiger partial charge on any atom is -0.376 e. The summed E-state index contributed by atoms with van der Waals surface area (Å²) in [5.41, 5.74) is 1.70. The number of piperidine rings is 1.